The number of aromatic amines is 2. The van der Waals surface area contributed by atoms with Crippen LogP contribution in [-0.2, 0) is 0 Å². The van der Waals surface area contributed by atoms with E-state index in [1.807, 2.05) is 24.3 Å². The van der Waals surface area contributed by atoms with Crippen LogP contribution in [0.25, 0.3) is 22.1 Å². The Hall–Kier alpha value is -2.03. The van der Waals surface area contributed by atoms with E-state index in [9.17, 15) is 0 Å². The Kier molecular flexibility index (Phi) is 3.36. The van der Waals surface area contributed by atoms with Crippen LogP contribution in [0, 0.1) is 3.70 Å². The van der Waals surface area contributed by atoms with Crippen LogP contribution >= 0.6 is 22.6 Å². The van der Waals surface area contributed by atoms with Crippen molar-refractivity contribution in [1.82, 2.24) is 30.4 Å². The first kappa shape index (κ1) is 12.0. The minimum Gasteiger partial charge on any atom is -0.269 e. The predicted molar refractivity (Wildman–Crippen MR) is 80.5 cm³/mol. The lowest BCUT2D eigenvalue weighted by atomic mass is 10.4. The first-order valence-electron chi connectivity index (χ1n) is 5.53. The summed E-state index contributed by atoms with van der Waals surface area (Å²) in [6, 6.07) is 7.75. The molecule has 0 amide bonds. The summed E-state index contributed by atoms with van der Waals surface area (Å²) in [5.74, 6) is 0. The maximum atomic E-state index is 4.05. The van der Waals surface area contributed by atoms with Crippen LogP contribution in [0.4, 0.5) is 0 Å². The van der Waals surface area contributed by atoms with Gasteiger partial charge in [-0.1, -0.05) is 0 Å². The molecule has 94 valence electrons. The molecule has 0 atom stereocenters. The third-order valence-electron chi connectivity index (χ3n) is 2.50. The molecular formula is C12H9IN6. The second-order valence-corrected chi connectivity index (χ2v) is 4.80. The van der Waals surface area contributed by atoms with Gasteiger partial charge in [0.15, 0.2) is 11.3 Å². The molecule has 0 spiro atoms. The van der Waals surface area contributed by atoms with E-state index in [2.05, 4.69) is 53.0 Å². The Morgan fingerprint density at radius 1 is 1.00 bits per heavy atom. The molecule has 4 aromatic rings. The molecule has 0 radical (unpaired) electrons. The van der Waals surface area contributed by atoms with Gasteiger partial charge < -0.3 is 0 Å². The molecule has 7 heteroatoms. The van der Waals surface area contributed by atoms with Gasteiger partial charge in [-0.3, -0.25) is 10.2 Å². The van der Waals surface area contributed by atoms with Crippen molar-refractivity contribution in [1.29, 1.82) is 0 Å². The monoisotopic (exact) mass is 364 g/mol. The molecule has 19 heavy (non-hydrogen) atoms. The predicted octanol–water partition coefficient (Wildman–Crippen LogP) is 2.52. The molecule has 4 aromatic heterocycles. The molecule has 0 fully saturated rings. The quantitative estimate of drug-likeness (QED) is 0.470. The van der Waals surface area contributed by atoms with Crippen molar-refractivity contribution in [3.63, 3.8) is 0 Å². The van der Waals surface area contributed by atoms with Gasteiger partial charge in [0.05, 0.1) is 11.6 Å². The van der Waals surface area contributed by atoms with Crippen molar-refractivity contribution >= 4 is 44.7 Å². The maximum Gasteiger partial charge on any atom is 0.181 e. The summed E-state index contributed by atoms with van der Waals surface area (Å²) in [6.07, 6.45) is 5.22. The summed E-state index contributed by atoms with van der Waals surface area (Å²) in [7, 11) is 0. The molecule has 0 aromatic carbocycles. The van der Waals surface area contributed by atoms with Crippen LogP contribution in [0.2, 0.25) is 0 Å². The fraction of sp³-hybridized carbons (Fsp3) is 0. The van der Waals surface area contributed by atoms with Gasteiger partial charge in [0.1, 0.15) is 3.70 Å². The lowest BCUT2D eigenvalue weighted by molar-refractivity contribution is 1.08. The number of halogens is 1. The van der Waals surface area contributed by atoms with Crippen LogP contribution in [0.3, 0.4) is 0 Å². The number of rotatable bonds is 0. The van der Waals surface area contributed by atoms with Crippen LogP contribution in [0.15, 0.2) is 42.9 Å². The Balaban J connectivity index is 0.000000117. The summed E-state index contributed by atoms with van der Waals surface area (Å²) in [5.41, 5.74) is 1.63. The van der Waals surface area contributed by atoms with Gasteiger partial charge in [-0.25, -0.2) is 9.97 Å². The van der Waals surface area contributed by atoms with Crippen molar-refractivity contribution < 1.29 is 0 Å². The van der Waals surface area contributed by atoms with E-state index >= 15 is 0 Å². The summed E-state index contributed by atoms with van der Waals surface area (Å²) in [6.45, 7) is 0. The van der Waals surface area contributed by atoms with E-state index in [4.69, 9.17) is 0 Å². The highest BCUT2D eigenvalue weighted by Crippen LogP contribution is 2.13. The van der Waals surface area contributed by atoms with E-state index in [0.717, 1.165) is 25.8 Å². The smallest absolute Gasteiger partial charge is 0.181 e. The van der Waals surface area contributed by atoms with E-state index < -0.39 is 0 Å². The SMILES string of the molecule is Ic1[nH]nc2ncccc12.c1cnc2[nH]ncc2c1. The normalized spacial score (nSPS) is 10.4. The summed E-state index contributed by atoms with van der Waals surface area (Å²) in [4.78, 5) is 8.08. The van der Waals surface area contributed by atoms with Crippen LogP contribution in [-0.4, -0.2) is 30.4 Å². The van der Waals surface area contributed by atoms with E-state index in [-0.39, 0.29) is 0 Å². The average molecular weight is 364 g/mol. The fourth-order valence-electron chi connectivity index (χ4n) is 1.60. The first-order chi connectivity index (χ1) is 9.34. The molecule has 0 bridgehead atoms. The van der Waals surface area contributed by atoms with E-state index in [1.165, 1.54) is 0 Å². The number of hydrogen-bond donors (Lipinski definition) is 2. The minimum absolute atomic E-state index is 0.784. The van der Waals surface area contributed by atoms with Crippen LogP contribution < -0.4 is 0 Å². The highest BCUT2D eigenvalue weighted by molar-refractivity contribution is 14.1. The molecule has 0 aliphatic heterocycles. The molecule has 0 unspecified atom stereocenters. The molecule has 2 N–H and O–H groups in total. The lowest BCUT2D eigenvalue weighted by Gasteiger charge is -1.82. The van der Waals surface area contributed by atoms with Crippen molar-refractivity contribution in [3.05, 3.63) is 46.6 Å². The molecule has 0 saturated heterocycles. The Morgan fingerprint density at radius 2 is 1.84 bits per heavy atom. The zero-order valence-corrected chi connectivity index (χ0v) is 11.9. The number of H-pyrrole nitrogens is 2. The largest absolute Gasteiger partial charge is 0.269 e. The first-order valence-corrected chi connectivity index (χ1v) is 6.61. The highest BCUT2D eigenvalue weighted by atomic mass is 127. The Labute approximate surface area is 121 Å². The molecule has 6 nitrogen and oxygen atoms in total. The highest BCUT2D eigenvalue weighted by Gasteiger charge is 1.99. The maximum absolute atomic E-state index is 4.05. The van der Waals surface area contributed by atoms with Gasteiger partial charge in [0.25, 0.3) is 0 Å². The zero-order valence-electron chi connectivity index (χ0n) is 9.71. The molecular weight excluding hydrogens is 355 g/mol. The Bertz CT molecular complexity index is 776. The second kappa shape index (κ2) is 5.31. The summed E-state index contributed by atoms with van der Waals surface area (Å²) in [5, 5.41) is 15.5. The number of pyridine rings is 2. The third kappa shape index (κ3) is 2.55. The third-order valence-corrected chi connectivity index (χ3v) is 3.32. The van der Waals surface area contributed by atoms with Crippen molar-refractivity contribution in [2.24, 2.45) is 0 Å². The number of nitrogens with zero attached hydrogens (tertiary/aromatic N) is 4. The van der Waals surface area contributed by atoms with Crippen molar-refractivity contribution in [2.45, 2.75) is 0 Å². The summed E-state index contributed by atoms with van der Waals surface area (Å²) >= 11 is 2.20. The van der Waals surface area contributed by atoms with Crippen LogP contribution in [0.5, 0.6) is 0 Å². The van der Waals surface area contributed by atoms with Crippen molar-refractivity contribution in [2.75, 3.05) is 0 Å². The molecule has 4 heterocycles. The fourth-order valence-corrected chi connectivity index (χ4v) is 2.14. The lowest BCUT2D eigenvalue weighted by Crippen LogP contribution is -1.71. The van der Waals surface area contributed by atoms with E-state index in [0.29, 0.717) is 0 Å². The van der Waals surface area contributed by atoms with Gasteiger partial charge >= 0.3 is 0 Å². The molecule has 0 saturated carbocycles. The molecule has 0 aliphatic carbocycles. The average Bonchev–Trinajstić information content (AvgIpc) is 3.07. The van der Waals surface area contributed by atoms with Gasteiger partial charge in [0.2, 0.25) is 0 Å². The zero-order chi connectivity index (χ0) is 13.1. The number of nitrogens with one attached hydrogen (secondary N) is 2. The topological polar surface area (TPSA) is 83.1 Å². The minimum atomic E-state index is 0.784. The van der Waals surface area contributed by atoms with Gasteiger partial charge in [-0.05, 0) is 46.9 Å². The second-order valence-electron chi connectivity index (χ2n) is 3.72. The standard InChI is InChI=1S/C6H4IN3.C6H5N3/c7-5-4-2-1-3-8-6(4)10-9-5;1-2-5-4-8-9-6(5)7-3-1/h1-3H,(H,8,9,10);1-4H,(H,7,8,9). The number of aromatic nitrogens is 6. The number of hydrogen-bond acceptors (Lipinski definition) is 4. The molecule has 4 rings (SSSR count). The summed E-state index contributed by atoms with van der Waals surface area (Å²) < 4.78 is 1.04. The van der Waals surface area contributed by atoms with Gasteiger partial charge in [-0.2, -0.15) is 10.2 Å². The van der Waals surface area contributed by atoms with Gasteiger partial charge in [-0.15, -0.1) is 0 Å². The van der Waals surface area contributed by atoms with Crippen LogP contribution in [0.1, 0.15) is 0 Å². The Morgan fingerprint density at radius 3 is 2.68 bits per heavy atom. The molecule has 0 aliphatic rings. The number of fused-ring (bicyclic) bond motifs is 2. The van der Waals surface area contributed by atoms with E-state index in [1.54, 1.807) is 18.6 Å². The van der Waals surface area contributed by atoms with Gasteiger partial charge in [0, 0.05) is 17.8 Å². The van der Waals surface area contributed by atoms with Crippen molar-refractivity contribution in [3.8, 4) is 0 Å².